The third-order valence-electron chi connectivity index (χ3n) is 3.36. The van der Waals surface area contributed by atoms with Crippen LogP contribution in [0.25, 0.3) is 16.9 Å². The van der Waals surface area contributed by atoms with Gasteiger partial charge in [-0.05, 0) is 24.3 Å². The zero-order chi connectivity index (χ0) is 15.1. The molecule has 6 heteroatoms. The van der Waals surface area contributed by atoms with Crippen molar-refractivity contribution >= 4 is 17.2 Å². The summed E-state index contributed by atoms with van der Waals surface area (Å²) in [5, 5.41) is 0. The van der Waals surface area contributed by atoms with E-state index in [1.807, 2.05) is 25.1 Å². The Kier molecular flexibility index (Phi) is 3.01. The summed E-state index contributed by atoms with van der Waals surface area (Å²) in [6.07, 6.45) is 1.78. The van der Waals surface area contributed by atoms with Crippen molar-refractivity contribution in [1.29, 1.82) is 0 Å². The molecule has 2 aromatic heterocycles. The van der Waals surface area contributed by atoms with E-state index >= 15 is 0 Å². The maximum absolute atomic E-state index is 13.9. The van der Waals surface area contributed by atoms with Gasteiger partial charge in [0.25, 0.3) is 0 Å². The molecule has 3 aromatic rings. The van der Waals surface area contributed by atoms with Gasteiger partial charge in [-0.15, -0.1) is 0 Å². The van der Waals surface area contributed by atoms with Gasteiger partial charge < -0.3 is 10.6 Å². The first-order valence-corrected chi connectivity index (χ1v) is 6.38. The van der Waals surface area contributed by atoms with Gasteiger partial charge in [-0.1, -0.05) is 6.07 Å². The summed E-state index contributed by atoms with van der Waals surface area (Å²) in [5.74, 6) is -1.16. The van der Waals surface area contributed by atoms with Crippen LogP contribution in [0.3, 0.4) is 0 Å². The van der Waals surface area contributed by atoms with Crippen molar-refractivity contribution in [2.24, 2.45) is 0 Å². The maximum atomic E-state index is 13.9. The molecule has 21 heavy (non-hydrogen) atoms. The average molecular weight is 288 g/mol. The molecule has 0 spiro atoms. The lowest BCUT2D eigenvalue weighted by molar-refractivity contribution is 0.589. The van der Waals surface area contributed by atoms with Crippen molar-refractivity contribution in [2.45, 2.75) is 0 Å². The van der Waals surface area contributed by atoms with Gasteiger partial charge in [0.05, 0.1) is 11.3 Å². The quantitative estimate of drug-likeness (QED) is 0.788. The number of imidazole rings is 1. The van der Waals surface area contributed by atoms with Crippen LogP contribution in [0.2, 0.25) is 0 Å². The second-order valence-electron chi connectivity index (χ2n) is 4.95. The summed E-state index contributed by atoms with van der Waals surface area (Å²) in [6.45, 7) is 0. The summed E-state index contributed by atoms with van der Waals surface area (Å²) in [5.41, 5.74) is 7.38. The number of nitrogens with two attached hydrogens (primary N) is 1. The van der Waals surface area contributed by atoms with Crippen LogP contribution in [0.1, 0.15) is 0 Å². The molecule has 4 nitrogen and oxygen atoms in total. The van der Waals surface area contributed by atoms with E-state index in [2.05, 4.69) is 4.98 Å². The zero-order valence-corrected chi connectivity index (χ0v) is 11.6. The van der Waals surface area contributed by atoms with Gasteiger partial charge in [0.2, 0.25) is 0 Å². The molecule has 0 bridgehead atoms. The van der Waals surface area contributed by atoms with Gasteiger partial charge in [0.15, 0.2) is 0 Å². The number of anilines is 2. The number of pyridine rings is 1. The number of hydrogen-bond acceptors (Lipinski definition) is 3. The van der Waals surface area contributed by atoms with Crippen molar-refractivity contribution < 1.29 is 8.78 Å². The van der Waals surface area contributed by atoms with E-state index in [1.54, 1.807) is 16.7 Å². The fraction of sp³-hybridized carbons (Fsp3) is 0.133. The fourth-order valence-electron chi connectivity index (χ4n) is 2.22. The van der Waals surface area contributed by atoms with Crippen molar-refractivity contribution in [3.05, 3.63) is 48.2 Å². The highest BCUT2D eigenvalue weighted by Crippen LogP contribution is 2.31. The van der Waals surface area contributed by atoms with Crippen LogP contribution in [-0.4, -0.2) is 23.5 Å². The van der Waals surface area contributed by atoms with Crippen molar-refractivity contribution in [3.63, 3.8) is 0 Å². The highest BCUT2D eigenvalue weighted by molar-refractivity contribution is 5.76. The molecule has 2 N–H and O–H groups in total. The van der Waals surface area contributed by atoms with E-state index in [0.29, 0.717) is 5.65 Å². The molecule has 0 aliphatic rings. The van der Waals surface area contributed by atoms with E-state index in [4.69, 9.17) is 5.73 Å². The van der Waals surface area contributed by atoms with E-state index in [1.165, 1.54) is 18.2 Å². The second-order valence-corrected chi connectivity index (χ2v) is 4.95. The number of fused-ring (bicyclic) bond motifs is 1. The van der Waals surface area contributed by atoms with E-state index in [9.17, 15) is 8.78 Å². The summed E-state index contributed by atoms with van der Waals surface area (Å²) >= 11 is 0. The topological polar surface area (TPSA) is 46.6 Å². The van der Waals surface area contributed by atoms with Gasteiger partial charge in [-0.3, -0.25) is 4.40 Å². The number of halogens is 2. The van der Waals surface area contributed by atoms with Gasteiger partial charge in [0, 0.05) is 20.3 Å². The molecule has 0 unspecified atom stereocenters. The third kappa shape index (κ3) is 2.08. The molecule has 0 saturated heterocycles. The number of nitrogen functional groups attached to an aromatic ring is 1. The molecule has 0 radical (unpaired) electrons. The van der Waals surface area contributed by atoms with Crippen LogP contribution in [-0.2, 0) is 0 Å². The van der Waals surface area contributed by atoms with Gasteiger partial charge in [0.1, 0.15) is 28.8 Å². The lowest BCUT2D eigenvalue weighted by atomic mass is 10.1. The minimum absolute atomic E-state index is 0.113. The molecule has 3 rings (SSSR count). The highest BCUT2D eigenvalue weighted by Gasteiger charge is 2.19. The monoisotopic (exact) mass is 288 g/mol. The van der Waals surface area contributed by atoms with Gasteiger partial charge >= 0.3 is 0 Å². The largest absolute Gasteiger partial charge is 0.383 e. The first-order chi connectivity index (χ1) is 9.99. The molecule has 2 heterocycles. The minimum Gasteiger partial charge on any atom is -0.383 e. The Hall–Kier alpha value is -2.63. The molecule has 0 saturated carbocycles. The molecule has 0 aliphatic heterocycles. The SMILES string of the molecule is CN(C)c1ccc2nc(-c3c(F)cccc3F)c(N)n2c1. The number of rotatable bonds is 2. The Balaban J connectivity index is 2.27. The van der Waals surface area contributed by atoms with Crippen molar-refractivity contribution in [2.75, 3.05) is 24.7 Å². The molecule has 108 valence electrons. The lowest BCUT2D eigenvalue weighted by Crippen LogP contribution is -2.09. The fourth-order valence-corrected chi connectivity index (χ4v) is 2.22. The Morgan fingerprint density at radius 3 is 2.38 bits per heavy atom. The van der Waals surface area contributed by atoms with Crippen LogP contribution < -0.4 is 10.6 Å². The number of aromatic nitrogens is 2. The summed E-state index contributed by atoms with van der Waals surface area (Å²) < 4.78 is 29.4. The minimum atomic E-state index is -0.682. The van der Waals surface area contributed by atoms with Crippen LogP contribution in [0.5, 0.6) is 0 Å². The number of hydrogen-bond donors (Lipinski definition) is 1. The van der Waals surface area contributed by atoms with Crippen LogP contribution in [0.15, 0.2) is 36.5 Å². The summed E-state index contributed by atoms with van der Waals surface area (Å²) in [6, 6.07) is 7.31. The summed E-state index contributed by atoms with van der Waals surface area (Å²) in [7, 11) is 3.79. The Bertz CT molecular complexity index is 804. The molecular weight excluding hydrogens is 274 g/mol. The standard InChI is InChI=1S/C15H14F2N4/c1-20(2)9-6-7-12-19-14(15(18)21(12)8-9)13-10(16)4-3-5-11(13)17/h3-8H,18H2,1-2H3. The van der Waals surface area contributed by atoms with Gasteiger partial charge in [-0.2, -0.15) is 0 Å². The smallest absolute Gasteiger partial charge is 0.139 e. The van der Waals surface area contributed by atoms with Crippen LogP contribution in [0.4, 0.5) is 20.3 Å². The first-order valence-electron chi connectivity index (χ1n) is 6.38. The molecule has 0 aliphatic carbocycles. The molecular formula is C15H14F2N4. The Labute approximate surface area is 120 Å². The van der Waals surface area contributed by atoms with Crippen LogP contribution in [0, 0.1) is 11.6 Å². The zero-order valence-electron chi connectivity index (χ0n) is 11.6. The predicted octanol–water partition coefficient (Wildman–Crippen LogP) is 2.93. The highest BCUT2D eigenvalue weighted by atomic mass is 19.1. The van der Waals surface area contributed by atoms with Crippen molar-refractivity contribution in [3.8, 4) is 11.3 Å². The number of nitrogens with zero attached hydrogens (tertiary/aromatic N) is 3. The Morgan fingerprint density at radius 1 is 1.10 bits per heavy atom. The second kappa shape index (κ2) is 4.73. The third-order valence-corrected chi connectivity index (χ3v) is 3.36. The lowest BCUT2D eigenvalue weighted by Gasteiger charge is -2.12. The Morgan fingerprint density at radius 2 is 1.76 bits per heavy atom. The van der Waals surface area contributed by atoms with Crippen LogP contribution >= 0.6 is 0 Å². The molecule has 1 aromatic carbocycles. The molecule has 0 fully saturated rings. The van der Waals surface area contributed by atoms with E-state index in [0.717, 1.165) is 5.69 Å². The van der Waals surface area contributed by atoms with E-state index in [-0.39, 0.29) is 17.1 Å². The van der Waals surface area contributed by atoms with E-state index < -0.39 is 11.6 Å². The average Bonchev–Trinajstić information content (AvgIpc) is 2.75. The summed E-state index contributed by atoms with van der Waals surface area (Å²) in [4.78, 5) is 6.15. The first kappa shape index (κ1) is 13.4. The normalized spacial score (nSPS) is 11.0. The number of benzene rings is 1. The van der Waals surface area contributed by atoms with Gasteiger partial charge in [-0.25, -0.2) is 13.8 Å². The molecule has 0 amide bonds. The van der Waals surface area contributed by atoms with Crippen molar-refractivity contribution in [1.82, 2.24) is 9.38 Å². The molecule has 0 atom stereocenters. The maximum Gasteiger partial charge on any atom is 0.139 e. The predicted molar refractivity (Wildman–Crippen MR) is 79.3 cm³/mol.